The van der Waals surface area contributed by atoms with Crippen LogP contribution in [0, 0.1) is 0 Å². The van der Waals surface area contributed by atoms with Gasteiger partial charge in [-0.05, 0) is 29.7 Å². The molecule has 0 N–H and O–H groups in total. The van der Waals surface area contributed by atoms with E-state index in [2.05, 4.69) is 72.5 Å². The van der Waals surface area contributed by atoms with Gasteiger partial charge in [-0.25, -0.2) is 0 Å². The van der Waals surface area contributed by atoms with E-state index in [1.165, 1.54) is 11.1 Å². The van der Waals surface area contributed by atoms with Gasteiger partial charge in [-0.15, -0.1) is 0 Å². The molecule has 31 heavy (non-hydrogen) atoms. The number of piperazine rings is 1. The number of para-hydroxylation sites is 1. The fraction of sp³-hybridized carbons (Fsp3) is 0.296. The number of carbonyl (C=O) groups excluding carboxylic acids is 1. The first-order valence-electron chi connectivity index (χ1n) is 11.1. The molecule has 0 unspecified atom stereocenters. The van der Waals surface area contributed by atoms with Crippen LogP contribution in [0.3, 0.4) is 0 Å². The quantitative estimate of drug-likeness (QED) is 0.544. The second kappa shape index (κ2) is 10.3. The van der Waals surface area contributed by atoms with Crippen molar-refractivity contribution >= 4 is 5.91 Å². The minimum atomic E-state index is 0.0577. The Labute approximate surface area is 185 Å². The van der Waals surface area contributed by atoms with Crippen molar-refractivity contribution in [2.24, 2.45) is 0 Å². The van der Waals surface area contributed by atoms with Gasteiger partial charge in [-0.1, -0.05) is 79.7 Å². The van der Waals surface area contributed by atoms with Crippen molar-refractivity contribution in [1.29, 1.82) is 0 Å². The molecule has 1 fully saturated rings. The van der Waals surface area contributed by atoms with Gasteiger partial charge in [0, 0.05) is 26.2 Å². The lowest BCUT2D eigenvalue weighted by molar-refractivity contribution is 0.0593. The van der Waals surface area contributed by atoms with Crippen LogP contribution in [0.2, 0.25) is 0 Å². The third-order valence-corrected chi connectivity index (χ3v) is 5.78. The molecule has 4 rings (SSSR count). The first-order chi connectivity index (χ1) is 15.3. The fourth-order valence-electron chi connectivity index (χ4n) is 4.22. The molecule has 0 aromatic heterocycles. The predicted molar refractivity (Wildman–Crippen MR) is 124 cm³/mol. The Morgan fingerprint density at radius 3 is 1.94 bits per heavy atom. The summed E-state index contributed by atoms with van der Waals surface area (Å²) in [4.78, 5) is 17.7. The minimum Gasteiger partial charge on any atom is -0.493 e. The van der Waals surface area contributed by atoms with E-state index in [0.29, 0.717) is 31.0 Å². The number of nitrogens with zero attached hydrogens (tertiary/aromatic N) is 2. The first kappa shape index (κ1) is 21.1. The second-order valence-electron chi connectivity index (χ2n) is 7.90. The molecule has 1 aliphatic rings. The Morgan fingerprint density at radius 2 is 1.35 bits per heavy atom. The zero-order valence-electron chi connectivity index (χ0n) is 18.1. The SMILES string of the molecule is CCCOc1ccccc1C(=O)N1CCN(C(c2ccccc2)c2ccccc2)CC1. The topological polar surface area (TPSA) is 32.8 Å². The fourth-order valence-corrected chi connectivity index (χ4v) is 4.22. The van der Waals surface area contributed by atoms with Crippen molar-refractivity contribution in [2.45, 2.75) is 19.4 Å². The third-order valence-electron chi connectivity index (χ3n) is 5.78. The number of benzene rings is 3. The van der Waals surface area contributed by atoms with Crippen LogP contribution in [0.5, 0.6) is 5.75 Å². The van der Waals surface area contributed by atoms with Crippen LogP contribution in [0.15, 0.2) is 84.9 Å². The van der Waals surface area contributed by atoms with Crippen LogP contribution in [-0.2, 0) is 0 Å². The number of rotatable bonds is 7. The third kappa shape index (κ3) is 4.97. The van der Waals surface area contributed by atoms with E-state index in [9.17, 15) is 4.79 Å². The summed E-state index contributed by atoms with van der Waals surface area (Å²) in [5.74, 6) is 0.741. The van der Waals surface area contributed by atoms with Crippen molar-refractivity contribution in [3.8, 4) is 5.75 Å². The van der Waals surface area contributed by atoms with Crippen LogP contribution in [0.1, 0.15) is 40.9 Å². The van der Waals surface area contributed by atoms with Crippen molar-refractivity contribution in [2.75, 3.05) is 32.8 Å². The molecule has 4 heteroatoms. The lowest BCUT2D eigenvalue weighted by atomic mass is 9.96. The van der Waals surface area contributed by atoms with Gasteiger partial charge in [0.05, 0.1) is 18.2 Å². The maximum atomic E-state index is 13.2. The van der Waals surface area contributed by atoms with E-state index in [1.54, 1.807) is 0 Å². The summed E-state index contributed by atoms with van der Waals surface area (Å²) in [5.41, 5.74) is 3.23. The van der Waals surface area contributed by atoms with Crippen LogP contribution in [0.25, 0.3) is 0 Å². The van der Waals surface area contributed by atoms with Gasteiger partial charge in [-0.3, -0.25) is 9.69 Å². The Balaban J connectivity index is 1.49. The lowest BCUT2D eigenvalue weighted by Crippen LogP contribution is -2.49. The molecule has 1 heterocycles. The van der Waals surface area contributed by atoms with Gasteiger partial charge in [-0.2, -0.15) is 0 Å². The van der Waals surface area contributed by atoms with Crippen LogP contribution in [-0.4, -0.2) is 48.5 Å². The van der Waals surface area contributed by atoms with Crippen LogP contribution in [0.4, 0.5) is 0 Å². The zero-order valence-corrected chi connectivity index (χ0v) is 18.1. The van der Waals surface area contributed by atoms with Crippen molar-refractivity contribution in [3.63, 3.8) is 0 Å². The highest BCUT2D eigenvalue weighted by atomic mass is 16.5. The Hall–Kier alpha value is -3.11. The van der Waals surface area contributed by atoms with Crippen LogP contribution >= 0.6 is 0 Å². The van der Waals surface area contributed by atoms with Gasteiger partial charge < -0.3 is 9.64 Å². The molecule has 1 saturated heterocycles. The average Bonchev–Trinajstić information content (AvgIpc) is 2.84. The summed E-state index contributed by atoms with van der Waals surface area (Å²) >= 11 is 0. The molecule has 3 aromatic rings. The lowest BCUT2D eigenvalue weighted by Gasteiger charge is -2.40. The predicted octanol–water partition coefficient (Wildman–Crippen LogP) is 5.02. The number of carbonyl (C=O) groups is 1. The van der Waals surface area contributed by atoms with Gasteiger partial charge in [0.15, 0.2) is 0 Å². The Morgan fingerprint density at radius 1 is 0.806 bits per heavy atom. The molecule has 0 saturated carbocycles. The molecular formula is C27H30N2O2. The van der Waals surface area contributed by atoms with Gasteiger partial charge in [0.2, 0.25) is 0 Å². The number of hydrogen-bond donors (Lipinski definition) is 0. The molecule has 0 bridgehead atoms. The number of hydrogen-bond acceptors (Lipinski definition) is 3. The minimum absolute atomic E-state index is 0.0577. The normalized spacial score (nSPS) is 14.6. The van der Waals surface area contributed by atoms with E-state index >= 15 is 0 Å². The Bertz CT molecular complexity index is 927. The molecule has 3 aromatic carbocycles. The highest BCUT2D eigenvalue weighted by molar-refractivity contribution is 5.97. The molecule has 0 radical (unpaired) electrons. The molecule has 0 spiro atoms. The molecule has 1 amide bonds. The largest absolute Gasteiger partial charge is 0.493 e. The molecular weight excluding hydrogens is 384 g/mol. The van der Waals surface area contributed by atoms with E-state index < -0.39 is 0 Å². The van der Waals surface area contributed by atoms with Crippen LogP contribution < -0.4 is 4.74 Å². The van der Waals surface area contributed by atoms with E-state index in [1.807, 2.05) is 29.2 Å². The highest BCUT2D eigenvalue weighted by Gasteiger charge is 2.29. The second-order valence-corrected chi connectivity index (χ2v) is 7.90. The van der Waals surface area contributed by atoms with Crippen molar-refractivity contribution in [3.05, 3.63) is 102 Å². The van der Waals surface area contributed by atoms with Gasteiger partial charge >= 0.3 is 0 Å². The maximum absolute atomic E-state index is 13.2. The molecule has 160 valence electrons. The van der Waals surface area contributed by atoms with Gasteiger partial charge in [0.25, 0.3) is 5.91 Å². The molecule has 1 aliphatic heterocycles. The Kier molecular flexibility index (Phi) is 7.00. The highest BCUT2D eigenvalue weighted by Crippen LogP contribution is 2.30. The maximum Gasteiger partial charge on any atom is 0.257 e. The smallest absolute Gasteiger partial charge is 0.257 e. The van der Waals surface area contributed by atoms with Gasteiger partial charge in [0.1, 0.15) is 5.75 Å². The molecule has 4 nitrogen and oxygen atoms in total. The molecule has 0 aliphatic carbocycles. The van der Waals surface area contributed by atoms with E-state index in [4.69, 9.17) is 4.74 Å². The first-order valence-corrected chi connectivity index (χ1v) is 11.1. The van der Waals surface area contributed by atoms with E-state index in [0.717, 1.165) is 19.5 Å². The standard InChI is InChI=1S/C27H30N2O2/c1-2-21-31-25-16-10-9-15-24(25)27(30)29-19-17-28(18-20-29)26(22-11-5-3-6-12-22)23-13-7-4-8-14-23/h3-16,26H,2,17-21H2,1H3. The summed E-state index contributed by atoms with van der Waals surface area (Å²) in [6.07, 6.45) is 0.918. The zero-order chi connectivity index (χ0) is 21.5. The number of amides is 1. The molecule has 0 atom stereocenters. The number of ether oxygens (including phenoxy) is 1. The van der Waals surface area contributed by atoms with Crippen molar-refractivity contribution in [1.82, 2.24) is 9.80 Å². The van der Waals surface area contributed by atoms with Crippen molar-refractivity contribution < 1.29 is 9.53 Å². The summed E-state index contributed by atoms with van der Waals surface area (Å²) in [5, 5.41) is 0. The summed E-state index contributed by atoms with van der Waals surface area (Å²) < 4.78 is 5.82. The monoisotopic (exact) mass is 414 g/mol. The summed E-state index contributed by atoms with van der Waals surface area (Å²) in [7, 11) is 0. The summed E-state index contributed by atoms with van der Waals surface area (Å²) in [6.45, 7) is 5.76. The van der Waals surface area contributed by atoms with E-state index in [-0.39, 0.29) is 11.9 Å². The summed E-state index contributed by atoms with van der Waals surface area (Å²) in [6, 6.07) is 29.0. The average molecular weight is 415 g/mol.